The van der Waals surface area contributed by atoms with Crippen LogP contribution >= 0.6 is 0 Å². The topological polar surface area (TPSA) is 57.5 Å². The van der Waals surface area contributed by atoms with Crippen molar-refractivity contribution in [1.82, 2.24) is 9.80 Å². The van der Waals surface area contributed by atoms with Gasteiger partial charge in [0.2, 0.25) is 0 Å². The van der Waals surface area contributed by atoms with E-state index in [0.717, 1.165) is 47.2 Å². The molecule has 6 nitrogen and oxygen atoms in total. The fourth-order valence-electron chi connectivity index (χ4n) is 5.23. The molecule has 1 aliphatic rings. The Hall–Kier alpha value is -4.03. The minimum absolute atomic E-state index is 0.0793. The number of amides is 1. The second kappa shape index (κ2) is 18.1. The van der Waals surface area contributed by atoms with Crippen LogP contribution in [0.4, 0.5) is 13.6 Å². The van der Waals surface area contributed by atoms with Crippen molar-refractivity contribution in [2.24, 2.45) is 9.98 Å². The first-order valence-electron chi connectivity index (χ1n) is 15.7. The smallest absolute Gasteiger partial charge is 0.410 e. The lowest BCUT2D eigenvalue weighted by Gasteiger charge is -2.42. The molecule has 0 N–H and O–H groups in total. The predicted molar refractivity (Wildman–Crippen MR) is 183 cm³/mol. The van der Waals surface area contributed by atoms with E-state index < -0.39 is 17.2 Å². The van der Waals surface area contributed by atoms with E-state index in [2.05, 4.69) is 24.1 Å². The normalized spacial score (nSPS) is 17.2. The lowest BCUT2D eigenvalue weighted by Crippen LogP contribution is -2.54. The van der Waals surface area contributed by atoms with Gasteiger partial charge in [0.1, 0.15) is 17.2 Å². The summed E-state index contributed by atoms with van der Waals surface area (Å²) in [4.78, 5) is 26.5. The van der Waals surface area contributed by atoms with Gasteiger partial charge in [-0.25, -0.2) is 13.6 Å². The number of rotatable bonds is 12. The van der Waals surface area contributed by atoms with E-state index in [-0.39, 0.29) is 12.1 Å². The number of aliphatic imine (C=N–C) groups is 2. The molecular formula is C37H50F2N4O2. The number of hydrogen-bond acceptors (Lipinski definition) is 5. The number of benzene rings is 1. The van der Waals surface area contributed by atoms with Crippen molar-refractivity contribution < 1.29 is 18.3 Å². The van der Waals surface area contributed by atoms with Gasteiger partial charge in [-0.1, -0.05) is 18.7 Å². The van der Waals surface area contributed by atoms with Gasteiger partial charge in [-0.3, -0.25) is 9.98 Å². The van der Waals surface area contributed by atoms with Crippen LogP contribution < -0.4 is 0 Å². The van der Waals surface area contributed by atoms with Gasteiger partial charge < -0.3 is 14.5 Å². The number of hydrogen-bond donors (Lipinski definition) is 0. The molecule has 1 fully saturated rings. The van der Waals surface area contributed by atoms with E-state index in [4.69, 9.17) is 14.7 Å². The molecule has 1 atom stereocenters. The van der Waals surface area contributed by atoms with E-state index in [9.17, 15) is 13.6 Å². The Morgan fingerprint density at radius 1 is 1.11 bits per heavy atom. The van der Waals surface area contributed by atoms with Crippen molar-refractivity contribution in [3.8, 4) is 0 Å². The van der Waals surface area contributed by atoms with Crippen LogP contribution in [0.2, 0.25) is 0 Å². The summed E-state index contributed by atoms with van der Waals surface area (Å²) < 4.78 is 33.2. The Labute approximate surface area is 269 Å². The molecule has 1 aromatic rings. The standard InChI is InChI=1S/C37H50F2N4O2/c1-10-14-18-33(41-20-11-2)32(12-3)35(28(6)42-21-22-43(27(5)26-42)36(44)45-37(7,8)9)34(40-13-4)19-16-15-17-29-23-30(38)25-31(39)24-29/h10-13,18,20,23-25,27H,4,15-17,19,21-22,26H2,1-3,5-9H3/b20-11-,32-12-,35-28+,40-34?,41-33-. The van der Waals surface area contributed by atoms with Gasteiger partial charge in [0.25, 0.3) is 0 Å². The molecule has 1 heterocycles. The van der Waals surface area contributed by atoms with Crippen LogP contribution in [0.15, 0.2) is 94.0 Å². The zero-order valence-electron chi connectivity index (χ0n) is 28.3. The fourth-order valence-corrected chi connectivity index (χ4v) is 5.23. The summed E-state index contributed by atoms with van der Waals surface area (Å²) in [7, 11) is 0. The largest absolute Gasteiger partial charge is 0.444 e. The summed E-state index contributed by atoms with van der Waals surface area (Å²) in [5.41, 5.74) is 7.64. The van der Waals surface area contributed by atoms with Crippen molar-refractivity contribution in [3.63, 3.8) is 0 Å². The van der Waals surface area contributed by atoms with Gasteiger partial charge in [-0.2, -0.15) is 0 Å². The van der Waals surface area contributed by atoms with Crippen LogP contribution in [0.1, 0.15) is 80.2 Å². The molecule has 244 valence electrons. The first-order valence-corrected chi connectivity index (χ1v) is 15.7. The molecule has 0 spiro atoms. The van der Waals surface area contributed by atoms with E-state index in [1.165, 1.54) is 12.1 Å². The first kappa shape index (κ1) is 37.2. The van der Waals surface area contributed by atoms with Crippen LogP contribution in [0.25, 0.3) is 0 Å². The van der Waals surface area contributed by atoms with Crippen molar-refractivity contribution in [1.29, 1.82) is 0 Å². The van der Waals surface area contributed by atoms with Gasteiger partial charge >= 0.3 is 6.09 Å². The maximum atomic E-state index is 13.7. The summed E-state index contributed by atoms with van der Waals surface area (Å²) in [5.74, 6) is -1.14. The molecule has 1 amide bonds. The quantitative estimate of drug-likeness (QED) is 0.101. The Bertz CT molecular complexity index is 1390. The van der Waals surface area contributed by atoms with Crippen LogP contribution in [0, 0.1) is 11.6 Å². The highest BCUT2D eigenvalue weighted by atomic mass is 19.1. The van der Waals surface area contributed by atoms with Crippen molar-refractivity contribution in [3.05, 3.63) is 101 Å². The molecule has 8 heteroatoms. The zero-order chi connectivity index (χ0) is 33.6. The number of allylic oxidation sites excluding steroid dienone is 6. The minimum atomic E-state index is -0.570. The fraction of sp³-hybridized carbons (Fsp3) is 0.459. The molecule has 2 rings (SSSR count). The SMILES string of the molecule is C=CN=C(CCCCc1cc(F)cc(F)c1)C(/C(=C\C)C(/C=C=CC)=N\C=C/C)=C(\C)N1CCN(C(=O)OC(C)(C)C)C(C)C1. The Kier molecular flexibility index (Phi) is 14.9. The van der Waals surface area contributed by atoms with Crippen molar-refractivity contribution in [2.45, 2.75) is 92.7 Å². The molecule has 0 bridgehead atoms. The molecule has 1 unspecified atom stereocenters. The third kappa shape index (κ3) is 11.8. The number of piperazine rings is 1. The van der Waals surface area contributed by atoms with E-state index >= 15 is 0 Å². The average Bonchev–Trinajstić information content (AvgIpc) is 2.96. The number of unbranched alkanes of at least 4 members (excludes halogenated alkanes) is 1. The zero-order valence-corrected chi connectivity index (χ0v) is 28.3. The third-order valence-electron chi connectivity index (χ3n) is 7.26. The van der Waals surface area contributed by atoms with Gasteiger partial charge in [-0.05, 0) is 105 Å². The Morgan fingerprint density at radius 3 is 2.36 bits per heavy atom. The number of carbonyl (C=O) groups excluding carboxylic acids is 1. The van der Waals surface area contributed by atoms with Gasteiger partial charge in [-0.15, -0.1) is 5.73 Å². The molecule has 45 heavy (non-hydrogen) atoms. The number of ether oxygens (including phenoxy) is 1. The highest BCUT2D eigenvalue weighted by Gasteiger charge is 2.32. The maximum absolute atomic E-state index is 13.7. The molecule has 0 aliphatic carbocycles. The number of halogens is 2. The molecule has 1 aliphatic heterocycles. The van der Waals surface area contributed by atoms with E-state index in [1.54, 1.807) is 17.3 Å². The van der Waals surface area contributed by atoms with Crippen LogP contribution in [-0.2, 0) is 11.2 Å². The summed E-state index contributed by atoms with van der Waals surface area (Å²) >= 11 is 0. The predicted octanol–water partition coefficient (Wildman–Crippen LogP) is 9.13. The molecular weight excluding hydrogens is 570 g/mol. The van der Waals surface area contributed by atoms with Gasteiger partial charge in [0.05, 0.1) is 5.71 Å². The van der Waals surface area contributed by atoms with E-state index in [0.29, 0.717) is 38.0 Å². The second-order valence-electron chi connectivity index (χ2n) is 12.0. The summed E-state index contributed by atoms with van der Waals surface area (Å²) in [5, 5.41) is 0. The minimum Gasteiger partial charge on any atom is -0.444 e. The van der Waals surface area contributed by atoms with Gasteiger partial charge in [0, 0.05) is 72.8 Å². The molecule has 0 saturated carbocycles. The molecule has 0 radical (unpaired) electrons. The monoisotopic (exact) mass is 620 g/mol. The first-order chi connectivity index (χ1) is 21.3. The maximum Gasteiger partial charge on any atom is 0.410 e. The van der Waals surface area contributed by atoms with Crippen LogP contribution in [0.5, 0.6) is 0 Å². The van der Waals surface area contributed by atoms with Crippen LogP contribution in [0.3, 0.4) is 0 Å². The number of aryl methyl sites for hydroxylation is 1. The average molecular weight is 621 g/mol. The van der Waals surface area contributed by atoms with Crippen molar-refractivity contribution in [2.75, 3.05) is 19.6 Å². The van der Waals surface area contributed by atoms with Crippen LogP contribution in [-0.4, -0.2) is 58.6 Å². The molecule has 1 saturated heterocycles. The Balaban J connectivity index is 2.51. The lowest BCUT2D eigenvalue weighted by molar-refractivity contribution is 0.00494. The molecule has 1 aromatic carbocycles. The van der Waals surface area contributed by atoms with E-state index in [1.807, 2.05) is 72.8 Å². The second-order valence-corrected chi connectivity index (χ2v) is 12.0. The molecule has 0 aromatic heterocycles. The lowest BCUT2D eigenvalue weighted by atomic mass is 9.90. The Morgan fingerprint density at radius 2 is 1.80 bits per heavy atom. The highest BCUT2D eigenvalue weighted by Crippen LogP contribution is 2.28. The number of nitrogens with zero attached hydrogens (tertiary/aromatic N) is 4. The van der Waals surface area contributed by atoms with Gasteiger partial charge in [0.15, 0.2) is 0 Å². The summed E-state index contributed by atoms with van der Waals surface area (Å²) in [6.07, 6.45) is 13.2. The summed E-state index contributed by atoms with van der Waals surface area (Å²) in [6.45, 7) is 21.2. The van der Waals surface area contributed by atoms with Crippen molar-refractivity contribution >= 4 is 17.5 Å². The third-order valence-corrected chi connectivity index (χ3v) is 7.26. The number of carbonyl (C=O) groups is 1. The summed E-state index contributed by atoms with van der Waals surface area (Å²) in [6, 6.07) is 3.57. The highest BCUT2D eigenvalue weighted by molar-refractivity contribution is 6.20.